The third kappa shape index (κ3) is 5.03. The zero-order chi connectivity index (χ0) is 21.0. The molecule has 11 nitrogen and oxygen atoms in total. The lowest BCUT2D eigenvalue weighted by atomic mass is 10.1. The van der Waals surface area contributed by atoms with Gasteiger partial charge in [-0.05, 0) is 30.3 Å². The number of rotatable bonds is 7. The van der Waals surface area contributed by atoms with E-state index in [1.54, 1.807) is 50.5 Å². The Morgan fingerprint density at radius 1 is 1.17 bits per heavy atom. The third-order valence-corrected chi connectivity index (χ3v) is 4.10. The van der Waals surface area contributed by atoms with Crippen molar-refractivity contribution in [1.82, 2.24) is 19.6 Å². The number of hydrogen-bond acceptors (Lipinski definition) is 6. The van der Waals surface area contributed by atoms with Crippen molar-refractivity contribution in [2.24, 2.45) is 13.0 Å². The Hall–Kier alpha value is -4.02. The van der Waals surface area contributed by atoms with Crippen LogP contribution in [-0.4, -0.2) is 36.3 Å². The SMILES string of the molecule is CC(Cn1cc([N+](=O)[O-])cn1)C(=O)Nc1ccc(NC(=O)c2ccn(C)n2)cc1. The summed E-state index contributed by atoms with van der Waals surface area (Å²) >= 11 is 0. The van der Waals surface area contributed by atoms with Crippen LogP contribution in [0.4, 0.5) is 17.1 Å². The molecule has 1 unspecified atom stereocenters. The topological polar surface area (TPSA) is 137 Å². The summed E-state index contributed by atoms with van der Waals surface area (Å²) in [6.07, 6.45) is 4.10. The second-order valence-corrected chi connectivity index (χ2v) is 6.47. The molecular weight excluding hydrogens is 378 g/mol. The molecule has 150 valence electrons. The fraction of sp³-hybridized carbons (Fsp3) is 0.222. The first-order valence-electron chi connectivity index (χ1n) is 8.70. The summed E-state index contributed by atoms with van der Waals surface area (Å²) < 4.78 is 2.90. The number of aryl methyl sites for hydroxylation is 1. The Morgan fingerprint density at radius 3 is 2.38 bits per heavy atom. The summed E-state index contributed by atoms with van der Waals surface area (Å²) in [4.78, 5) is 34.6. The normalized spacial score (nSPS) is 11.7. The number of benzene rings is 1. The first-order valence-corrected chi connectivity index (χ1v) is 8.70. The molecule has 0 aliphatic rings. The fourth-order valence-electron chi connectivity index (χ4n) is 2.54. The maximum Gasteiger partial charge on any atom is 0.306 e. The Morgan fingerprint density at radius 2 is 1.83 bits per heavy atom. The summed E-state index contributed by atoms with van der Waals surface area (Å²) in [5, 5.41) is 24.1. The number of aromatic nitrogens is 4. The van der Waals surface area contributed by atoms with Crippen molar-refractivity contribution in [2.75, 3.05) is 10.6 Å². The Kier molecular flexibility index (Phi) is 5.67. The summed E-state index contributed by atoms with van der Waals surface area (Å²) in [5.74, 6) is -1.05. The number of nitrogens with zero attached hydrogens (tertiary/aromatic N) is 5. The minimum atomic E-state index is -0.539. The van der Waals surface area contributed by atoms with Crippen molar-refractivity contribution in [3.63, 3.8) is 0 Å². The third-order valence-electron chi connectivity index (χ3n) is 4.10. The van der Waals surface area contributed by atoms with Gasteiger partial charge < -0.3 is 10.6 Å². The first-order chi connectivity index (χ1) is 13.8. The van der Waals surface area contributed by atoms with E-state index in [2.05, 4.69) is 20.8 Å². The van der Waals surface area contributed by atoms with Crippen molar-refractivity contribution >= 4 is 28.9 Å². The van der Waals surface area contributed by atoms with Crippen LogP contribution >= 0.6 is 0 Å². The lowest BCUT2D eigenvalue weighted by Crippen LogP contribution is -2.24. The van der Waals surface area contributed by atoms with Crippen LogP contribution in [0, 0.1) is 16.0 Å². The number of anilines is 2. The molecule has 0 aliphatic carbocycles. The number of nitro groups is 1. The zero-order valence-electron chi connectivity index (χ0n) is 15.8. The molecule has 0 radical (unpaired) electrons. The van der Waals surface area contributed by atoms with Gasteiger partial charge >= 0.3 is 5.69 Å². The van der Waals surface area contributed by atoms with E-state index in [0.29, 0.717) is 17.1 Å². The fourth-order valence-corrected chi connectivity index (χ4v) is 2.54. The molecule has 2 amide bonds. The summed E-state index contributed by atoms with van der Waals surface area (Å²) in [5.41, 5.74) is 1.30. The molecule has 3 aromatic rings. The summed E-state index contributed by atoms with van der Waals surface area (Å²) in [6, 6.07) is 8.27. The van der Waals surface area contributed by atoms with Gasteiger partial charge in [-0.15, -0.1) is 0 Å². The van der Waals surface area contributed by atoms with Gasteiger partial charge in [0, 0.05) is 24.6 Å². The van der Waals surface area contributed by atoms with Crippen molar-refractivity contribution < 1.29 is 14.5 Å². The van der Waals surface area contributed by atoms with Gasteiger partial charge in [-0.25, -0.2) is 0 Å². The Balaban J connectivity index is 1.54. The van der Waals surface area contributed by atoms with E-state index in [4.69, 9.17) is 0 Å². The average Bonchev–Trinajstić information content (AvgIpc) is 3.32. The van der Waals surface area contributed by atoms with Gasteiger partial charge in [-0.1, -0.05) is 6.92 Å². The van der Waals surface area contributed by atoms with Crippen LogP contribution in [-0.2, 0) is 18.4 Å². The van der Waals surface area contributed by atoms with Crippen LogP contribution in [0.3, 0.4) is 0 Å². The molecule has 0 fully saturated rings. The van der Waals surface area contributed by atoms with Crippen LogP contribution in [0.25, 0.3) is 0 Å². The van der Waals surface area contributed by atoms with E-state index < -0.39 is 10.8 Å². The molecule has 0 saturated heterocycles. The van der Waals surface area contributed by atoms with E-state index in [-0.39, 0.29) is 24.0 Å². The quantitative estimate of drug-likeness (QED) is 0.462. The van der Waals surface area contributed by atoms with Gasteiger partial charge in [0.1, 0.15) is 12.4 Å². The maximum absolute atomic E-state index is 12.3. The average molecular weight is 397 g/mol. The summed E-state index contributed by atoms with van der Waals surface area (Å²) in [6.45, 7) is 1.90. The second kappa shape index (κ2) is 8.33. The molecule has 1 atom stereocenters. The summed E-state index contributed by atoms with van der Waals surface area (Å²) in [7, 11) is 1.73. The molecule has 2 heterocycles. The Labute approximate surface area is 165 Å². The number of amides is 2. The molecule has 3 rings (SSSR count). The molecular formula is C18H19N7O4. The van der Waals surface area contributed by atoms with Crippen molar-refractivity contribution in [3.8, 4) is 0 Å². The molecule has 11 heteroatoms. The van der Waals surface area contributed by atoms with Crippen molar-refractivity contribution in [2.45, 2.75) is 13.5 Å². The zero-order valence-corrected chi connectivity index (χ0v) is 15.8. The molecule has 0 bridgehead atoms. The largest absolute Gasteiger partial charge is 0.326 e. The molecule has 2 aromatic heterocycles. The van der Waals surface area contributed by atoms with Gasteiger partial charge in [0.2, 0.25) is 5.91 Å². The highest BCUT2D eigenvalue weighted by Crippen LogP contribution is 2.16. The smallest absolute Gasteiger partial charge is 0.306 e. The van der Waals surface area contributed by atoms with E-state index in [1.807, 2.05) is 0 Å². The molecule has 0 spiro atoms. The van der Waals surface area contributed by atoms with Gasteiger partial charge in [0.05, 0.1) is 17.4 Å². The van der Waals surface area contributed by atoms with Crippen molar-refractivity contribution in [1.29, 1.82) is 0 Å². The van der Waals surface area contributed by atoms with E-state index >= 15 is 0 Å². The van der Waals surface area contributed by atoms with Crippen LogP contribution in [0.15, 0.2) is 48.9 Å². The minimum Gasteiger partial charge on any atom is -0.326 e. The lowest BCUT2D eigenvalue weighted by molar-refractivity contribution is -0.385. The highest BCUT2D eigenvalue weighted by Gasteiger charge is 2.17. The number of hydrogen-bond donors (Lipinski definition) is 2. The Bertz CT molecular complexity index is 1040. The van der Waals surface area contributed by atoms with E-state index in [9.17, 15) is 19.7 Å². The van der Waals surface area contributed by atoms with Gasteiger partial charge in [0.25, 0.3) is 5.91 Å². The van der Waals surface area contributed by atoms with Gasteiger partial charge in [-0.3, -0.25) is 29.1 Å². The standard InChI is InChI=1S/C18H19N7O4/c1-12(10-24-11-15(9-19-24)25(28)29)17(26)20-13-3-5-14(6-4-13)21-18(27)16-7-8-23(2)22-16/h3-9,11-12H,10H2,1-2H3,(H,20,26)(H,21,27). The van der Waals surface area contributed by atoms with Crippen LogP contribution in [0.5, 0.6) is 0 Å². The highest BCUT2D eigenvalue weighted by molar-refractivity contribution is 6.03. The predicted molar refractivity (Wildman–Crippen MR) is 104 cm³/mol. The number of carbonyl (C=O) groups excluding carboxylic acids is 2. The molecule has 2 N–H and O–H groups in total. The molecule has 0 saturated carbocycles. The molecule has 1 aromatic carbocycles. The highest BCUT2D eigenvalue weighted by atomic mass is 16.6. The van der Waals surface area contributed by atoms with Crippen LogP contribution < -0.4 is 10.6 Å². The lowest BCUT2D eigenvalue weighted by Gasteiger charge is -2.12. The molecule has 29 heavy (non-hydrogen) atoms. The van der Waals surface area contributed by atoms with Gasteiger partial charge in [-0.2, -0.15) is 10.2 Å². The van der Waals surface area contributed by atoms with E-state index in [1.165, 1.54) is 15.6 Å². The second-order valence-electron chi connectivity index (χ2n) is 6.47. The maximum atomic E-state index is 12.3. The van der Waals surface area contributed by atoms with Crippen LogP contribution in [0.2, 0.25) is 0 Å². The van der Waals surface area contributed by atoms with Crippen molar-refractivity contribution in [3.05, 3.63) is 64.7 Å². The predicted octanol–water partition coefficient (Wildman–Crippen LogP) is 2.05. The number of nitrogens with one attached hydrogen (secondary N) is 2. The van der Waals surface area contributed by atoms with Crippen LogP contribution in [0.1, 0.15) is 17.4 Å². The molecule has 0 aliphatic heterocycles. The first kappa shape index (κ1) is 19.7. The monoisotopic (exact) mass is 397 g/mol. The van der Waals surface area contributed by atoms with Gasteiger partial charge in [0.15, 0.2) is 5.69 Å². The minimum absolute atomic E-state index is 0.124. The number of carbonyl (C=O) groups is 2. The van der Waals surface area contributed by atoms with E-state index in [0.717, 1.165) is 6.20 Å².